The highest BCUT2D eigenvalue weighted by atomic mass is 35.5. The number of aryl methyl sites for hydroxylation is 1. The number of rotatable bonds is 11. The largest absolute Gasteiger partial charge is 0.384 e. The molecule has 36 heavy (non-hydrogen) atoms. The van der Waals surface area contributed by atoms with Crippen molar-refractivity contribution in [3.05, 3.63) is 29.6 Å². The monoisotopic (exact) mass is 540 g/mol. The lowest BCUT2D eigenvalue weighted by molar-refractivity contribution is 0.0936. The molecule has 1 saturated carbocycles. The van der Waals surface area contributed by atoms with Crippen molar-refractivity contribution in [1.29, 1.82) is 5.41 Å². The smallest absolute Gasteiger partial charge is 0.289 e. The molecule has 1 aromatic heterocycles. The van der Waals surface area contributed by atoms with Crippen molar-refractivity contribution in [2.24, 2.45) is 5.92 Å². The van der Waals surface area contributed by atoms with E-state index in [-0.39, 0.29) is 48.6 Å². The molecule has 0 saturated heterocycles. The first-order valence-electron chi connectivity index (χ1n) is 12.6. The number of methoxy groups -OCH3 is 1. The third-order valence-electron chi connectivity index (χ3n) is 6.76. The standard InChI is InChI=1S/C26H40N6O2.2ClH/c1-5-18(6-2)16-28-26(33)25-30-20-12-11-17(3)15-19(20)24(32-25)31-22-10-8-7-9-21(22)29-23(27)13-14-34-4;;/h11-12,15,18,21-22H,5-10,13-14,16H2,1-4H3,(H2,27,29)(H,28,33)(H,30,31,32);2*1H/t21-,22+;;/m1../s1. The molecule has 0 bridgehead atoms. The van der Waals surface area contributed by atoms with Crippen molar-refractivity contribution in [2.45, 2.75) is 77.8 Å². The van der Waals surface area contributed by atoms with E-state index in [1.165, 1.54) is 0 Å². The van der Waals surface area contributed by atoms with E-state index in [9.17, 15) is 4.79 Å². The summed E-state index contributed by atoms with van der Waals surface area (Å²) in [6.07, 6.45) is 6.82. The lowest BCUT2D eigenvalue weighted by atomic mass is 9.90. The Kier molecular flexibility index (Phi) is 14.0. The van der Waals surface area contributed by atoms with Gasteiger partial charge in [-0.2, -0.15) is 0 Å². The predicted molar refractivity (Wildman–Crippen MR) is 152 cm³/mol. The van der Waals surface area contributed by atoms with Crippen LogP contribution in [0.1, 0.15) is 75.0 Å². The number of carbonyl (C=O) groups excluding carboxylic acids is 1. The first kappa shape index (κ1) is 31.9. The van der Waals surface area contributed by atoms with Gasteiger partial charge in [0.05, 0.1) is 18.0 Å². The molecule has 4 N–H and O–H groups in total. The Morgan fingerprint density at radius 2 is 1.83 bits per heavy atom. The molecule has 2 atom stereocenters. The molecule has 1 aliphatic rings. The quantitative estimate of drug-likeness (QED) is 0.228. The molecule has 1 heterocycles. The average Bonchev–Trinajstić information content (AvgIpc) is 2.84. The van der Waals surface area contributed by atoms with Crippen LogP contribution in [-0.2, 0) is 4.74 Å². The number of aromatic nitrogens is 2. The summed E-state index contributed by atoms with van der Waals surface area (Å²) in [6, 6.07) is 6.25. The van der Waals surface area contributed by atoms with E-state index in [0.29, 0.717) is 37.1 Å². The van der Waals surface area contributed by atoms with Gasteiger partial charge in [-0.05, 0) is 37.8 Å². The Labute approximate surface area is 227 Å². The molecule has 0 radical (unpaired) electrons. The molecule has 3 rings (SSSR count). The summed E-state index contributed by atoms with van der Waals surface area (Å²) >= 11 is 0. The van der Waals surface area contributed by atoms with Gasteiger partial charge >= 0.3 is 0 Å². The van der Waals surface area contributed by atoms with Crippen molar-refractivity contribution in [1.82, 2.24) is 20.6 Å². The highest BCUT2D eigenvalue weighted by molar-refractivity contribution is 5.96. The number of fused-ring (bicyclic) bond motifs is 1. The normalized spacial score (nSPS) is 17.1. The third kappa shape index (κ3) is 8.75. The van der Waals surface area contributed by atoms with E-state index in [1.54, 1.807) is 7.11 Å². The number of carbonyl (C=O) groups is 1. The van der Waals surface area contributed by atoms with Gasteiger partial charge in [0.15, 0.2) is 0 Å². The number of ether oxygens (including phenoxy) is 1. The molecule has 0 spiro atoms. The fourth-order valence-corrected chi connectivity index (χ4v) is 4.50. The van der Waals surface area contributed by atoms with Gasteiger partial charge < -0.3 is 20.7 Å². The first-order valence-corrected chi connectivity index (χ1v) is 12.6. The topological polar surface area (TPSA) is 112 Å². The molecule has 1 amide bonds. The van der Waals surface area contributed by atoms with E-state index in [2.05, 4.69) is 40.8 Å². The van der Waals surface area contributed by atoms with Gasteiger partial charge in [0.2, 0.25) is 5.82 Å². The van der Waals surface area contributed by atoms with Gasteiger partial charge in [-0.15, -0.1) is 24.8 Å². The summed E-state index contributed by atoms with van der Waals surface area (Å²) in [5.41, 5.74) is 1.87. The Morgan fingerprint density at radius 1 is 1.14 bits per heavy atom. The number of amidine groups is 1. The zero-order valence-corrected chi connectivity index (χ0v) is 23.5. The summed E-state index contributed by atoms with van der Waals surface area (Å²) in [5, 5.41) is 19.2. The maximum absolute atomic E-state index is 12.9. The summed E-state index contributed by atoms with van der Waals surface area (Å²) in [5.74, 6) is 1.58. The van der Waals surface area contributed by atoms with E-state index in [0.717, 1.165) is 55.0 Å². The van der Waals surface area contributed by atoms with Crippen LogP contribution in [0.2, 0.25) is 0 Å². The van der Waals surface area contributed by atoms with Crippen LogP contribution in [0.5, 0.6) is 0 Å². The van der Waals surface area contributed by atoms with Crippen LogP contribution in [0.3, 0.4) is 0 Å². The van der Waals surface area contributed by atoms with Crippen molar-refractivity contribution >= 4 is 53.3 Å². The molecule has 1 aromatic carbocycles. The molecular formula is C26H42Cl2N6O2. The van der Waals surface area contributed by atoms with Gasteiger partial charge in [-0.3, -0.25) is 10.2 Å². The maximum Gasteiger partial charge on any atom is 0.289 e. The van der Waals surface area contributed by atoms with E-state index < -0.39 is 0 Å². The molecule has 10 heteroatoms. The number of halogens is 2. The van der Waals surface area contributed by atoms with Gasteiger partial charge in [0.25, 0.3) is 5.91 Å². The molecule has 202 valence electrons. The number of amides is 1. The Morgan fingerprint density at radius 3 is 2.50 bits per heavy atom. The number of anilines is 1. The highest BCUT2D eigenvalue weighted by Gasteiger charge is 2.27. The summed E-state index contributed by atoms with van der Waals surface area (Å²) in [6.45, 7) is 7.48. The van der Waals surface area contributed by atoms with Crippen molar-refractivity contribution in [3.8, 4) is 0 Å². The number of hydrogen-bond donors (Lipinski definition) is 4. The van der Waals surface area contributed by atoms with Crippen LogP contribution >= 0.6 is 24.8 Å². The minimum atomic E-state index is -0.239. The number of benzene rings is 1. The minimum absolute atomic E-state index is 0. The van der Waals surface area contributed by atoms with Crippen molar-refractivity contribution in [2.75, 3.05) is 25.6 Å². The van der Waals surface area contributed by atoms with Crippen LogP contribution in [-0.4, -0.2) is 54.1 Å². The average molecular weight is 542 g/mol. The van der Waals surface area contributed by atoms with E-state index in [4.69, 9.17) is 15.1 Å². The number of hydrogen-bond acceptors (Lipinski definition) is 6. The molecule has 0 unspecified atom stereocenters. The summed E-state index contributed by atoms with van der Waals surface area (Å²) in [4.78, 5) is 22.2. The number of nitrogens with one attached hydrogen (secondary N) is 4. The zero-order chi connectivity index (χ0) is 24.5. The van der Waals surface area contributed by atoms with Gasteiger partial charge in [-0.25, -0.2) is 9.97 Å². The fourth-order valence-electron chi connectivity index (χ4n) is 4.50. The minimum Gasteiger partial charge on any atom is -0.384 e. The molecule has 1 aliphatic carbocycles. The van der Waals surface area contributed by atoms with Gasteiger partial charge in [-0.1, -0.05) is 51.2 Å². The fraction of sp³-hybridized carbons (Fsp3) is 0.615. The van der Waals surface area contributed by atoms with Crippen LogP contribution in [0, 0.1) is 18.3 Å². The second-order valence-electron chi connectivity index (χ2n) is 9.32. The number of nitrogens with zero attached hydrogens (tertiary/aromatic N) is 2. The Balaban J connectivity index is 0.00000324. The van der Waals surface area contributed by atoms with Crippen molar-refractivity contribution in [3.63, 3.8) is 0 Å². The van der Waals surface area contributed by atoms with Crippen LogP contribution in [0.25, 0.3) is 10.9 Å². The second kappa shape index (κ2) is 15.8. The summed E-state index contributed by atoms with van der Waals surface area (Å²) < 4.78 is 5.12. The van der Waals surface area contributed by atoms with Gasteiger partial charge in [0, 0.05) is 37.5 Å². The Hall–Kier alpha value is -2.16. The Bertz CT molecular complexity index is 986. The maximum atomic E-state index is 12.9. The van der Waals surface area contributed by atoms with Gasteiger partial charge in [0.1, 0.15) is 5.82 Å². The van der Waals surface area contributed by atoms with Crippen LogP contribution in [0.15, 0.2) is 18.2 Å². The summed E-state index contributed by atoms with van der Waals surface area (Å²) in [7, 11) is 1.65. The third-order valence-corrected chi connectivity index (χ3v) is 6.76. The lowest BCUT2D eigenvalue weighted by Gasteiger charge is -2.34. The predicted octanol–water partition coefficient (Wildman–Crippen LogP) is 5.27. The zero-order valence-electron chi connectivity index (χ0n) is 21.9. The van der Waals surface area contributed by atoms with Crippen molar-refractivity contribution < 1.29 is 9.53 Å². The SMILES string of the molecule is CCC(CC)CNC(=O)c1nc(N[C@H]2CCCC[C@H]2NC(=N)CCOC)c2cc(C)ccc2n1.Cl.Cl. The first-order chi connectivity index (χ1) is 16.4. The molecule has 1 fully saturated rings. The molecular weight excluding hydrogens is 499 g/mol. The van der Waals surface area contributed by atoms with E-state index >= 15 is 0 Å². The van der Waals surface area contributed by atoms with E-state index in [1.807, 2.05) is 19.1 Å². The molecule has 0 aliphatic heterocycles. The highest BCUT2D eigenvalue weighted by Crippen LogP contribution is 2.27. The van der Waals surface area contributed by atoms with Crippen LogP contribution in [0.4, 0.5) is 5.82 Å². The molecule has 2 aromatic rings. The lowest BCUT2D eigenvalue weighted by Crippen LogP contribution is -2.48. The van der Waals surface area contributed by atoms with Crippen LogP contribution < -0.4 is 16.0 Å². The second-order valence-corrected chi connectivity index (χ2v) is 9.32. The molecule has 8 nitrogen and oxygen atoms in total.